The van der Waals surface area contributed by atoms with E-state index >= 15 is 0 Å². The first-order chi connectivity index (χ1) is 6.24. The predicted octanol–water partition coefficient (Wildman–Crippen LogP) is 3.31. The summed E-state index contributed by atoms with van der Waals surface area (Å²) in [7, 11) is 0. The number of rotatable bonds is 4. The monoisotopic (exact) mass is 218 g/mol. The Balaban J connectivity index is 2.56. The Labute approximate surface area is 88.3 Å². The van der Waals surface area contributed by atoms with Gasteiger partial charge in [-0.3, -0.25) is 0 Å². The van der Waals surface area contributed by atoms with Gasteiger partial charge in [-0.05, 0) is 37.0 Å². The van der Waals surface area contributed by atoms with Crippen molar-refractivity contribution in [2.24, 2.45) is 0 Å². The van der Waals surface area contributed by atoms with Gasteiger partial charge in [0.1, 0.15) is 0 Å². The third-order valence-electron chi connectivity index (χ3n) is 1.87. The molecule has 72 valence electrons. The molecule has 0 radical (unpaired) electrons. The van der Waals surface area contributed by atoms with Crippen molar-refractivity contribution >= 4 is 23.2 Å². The van der Waals surface area contributed by atoms with Gasteiger partial charge in [-0.15, -0.1) is 0 Å². The second kappa shape index (κ2) is 5.48. The van der Waals surface area contributed by atoms with E-state index in [9.17, 15) is 0 Å². The van der Waals surface area contributed by atoms with Crippen LogP contribution in [0.1, 0.15) is 18.4 Å². The van der Waals surface area contributed by atoms with Crippen molar-refractivity contribution in [3.8, 4) is 0 Å². The van der Waals surface area contributed by atoms with Crippen LogP contribution in [0.15, 0.2) is 18.2 Å². The summed E-state index contributed by atoms with van der Waals surface area (Å²) in [6.45, 7) is 0.241. The zero-order valence-electron chi connectivity index (χ0n) is 7.26. The topological polar surface area (TPSA) is 20.2 Å². The first-order valence-corrected chi connectivity index (χ1v) is 5.04. The maximum absolute atomic E-state index is 8.60. The van der Waals surface area contributed by atoms with Gasteiger partial charge in [0.2, 0.25) is 0 Å². The van der Waals surface area contributed by atoms with Crippen LogP contribution < -0.4 is 0 Å². The van der Waals surface area contributed by atoms with Gasteiger partial charge in [-0.25, -0.2) is 0 Å². The lowest BCUT2D eigenvalue weighted by atomic mass is 10.1. The molecule has 0 heterocycles. The zero-order chi connectivity index (χ0) is 9.68. The molecule has 1 aromatic rings. The Bertz CT molecular complexity index is 274. The van der Waals surface area contributed by atoms with E-state index < -0.39 is 0 Å². The molecule has 3 heteroatoms. The zero-order valence-corrected chi connectivity index (χ0v) is 8.78. The molecular weight excluding hydrogens is 207 g/mol. The van der Waals surface area contributed by atoms with Gasteiger partial charge in [-0.2, -0.15) is 0 Å². The Kier molecular flexibility index (Phi) is 4.57. The molecule has 0 unspecified atom stereocenters. The average Bonchev–Trinajstić information content (AvgIpc) is 2.09. The van der Waals surface area contributed by atoms with E-state index in [1.54, 1.807) is 6.07 Å². The number of aryl methyl sites for hydroxylation is 1. The fourth-order valence-corrected chi connectivity index (χ4v) is 1.65. The van der Waals surface area contributed by atoms with Crippen LogP contribution in [-0.2, 0) is 6.42 Å². The lowest BCUT2D eigenvalue weighted by molar-refractivity contribution is 0.284. The predicted molar refractivity (Wildman–Crippen MR) is 56.5 cm³/mol. The molecule has 1 nitrogen and oxygen atoms in total. The molecule has 0 atom stereocenters. The number of hydrogen-bond acceptors (Lipinski definition) is 1. The summed E-state index contributed by atoms with van der Waals surface area (Å²) in [6.07, 6.45) is 2.67. The largest absolute Gasteiger partial charge is 0.396 e. The summed E-state index contributed by atoms with van der Waals surface area (Å²) in [6, 6.07) is 5.52. The van der Waals surface area contributed by atoms with Gasteiger partial charge in [-0.1, -0.05) is 29.3 Å². The maximum Gasteiger partial charge on any atom is 0.0452 e. The Morgan fingerprint density at radius 1 is 1.15 bits per heavy atom. The van der Waals surface area contributed by atoms with Gasteiger partial charge in [0.15, 0.2) is 0 Å². The minimum absolute atomic E-state index is 0.241. The third-order valence-corrected chi connectivity index (χ3v) is 2.46. The van der Waals surface area contributed by atoms with E-state index in [2.05, 4.69) is 0 Å². The third kappa shape index (κ3) is 3.55. The summed E-state index contributed by atoms with van der Waals surface area (Å²) in [4.78, 5) is 0. The van der Waals surface area contributed by atoms with E-state index in [0.29, 0.717) is 10.0 Å². The molecule has 1 N–H and O–H groups in total. The summed E-state index contributed by atoms with van der Waals surface area (Å²) < 4.78 is 0. The fraction of sp³-hybridized carbons (Fsp3) is 0.400. The highest BCUT2D eigenvalue weighted by atomic mass is 35.5. The van der Waals surface area contributed by atoms with Crippen molar-refractivity contribution in [3.63, 3.8) is 0 Å². The van der Waals surface area contributed by atoms with E-state index in [-0.39, 0.29) is 6.61 Å². The summed E-state index contributed by atoms with van der Waals surface area (Å²) >= 11 is 11.7. The highest BCUT2D eigenvalue weighted by Crippen LogP contribution is 2.22. The first kappa shape index (κ1) is 10.8. The molecule has 1 aromatic carbocycles. The molecule has 0 aliphatic rings. The number of hydrogen-bond donors (Lipinski definition) is 1. The van der Waals surface area contributed by atoms with E-state index in [1.165, 1.54) is 0 Å². The van der Waals surface area contributed by atoms with Crippen LogP contribution in [0.2, 0.25) is 10.0 Å². The molecule has 0 aliphatic heterocycles. The van der Waals surface area contributed by atoms with Crippen molar-refractivity contribution < 1.29 is 5.11 Å². The molecule has 0 spiro atoms. The number of benzene rings is 1. The van der Waals surface area contributed by atoms with Crippen LogP contribution in [0.5, 0.6) is 0 Å². The quantitative estimate of drug-likeness (QED) is 0.770. The van der Waals surface area contributed by atoms with E-state index in [1.807, 2.05) is 12.1 Å². The number of aliphatic hydroxyl groups is 1. The van der Waals surface area contributed by atoms with Crippen LogP contribution in [0.25, 0.3) is 0 Å². The van der Waals surface area contributed by atoms with E-state index in [4.69, 9.17) is 28.3 Å². The maximum atomic E-state index is 8.60. The average molecular weight is 219 g/mol. The van der Waals surface area contributed by atoms with Gasteiger partial charge in [0.05, 0.1) is 0 Å². The normalized spacial score (nSPS) is 10.4. The first-order valence-electron chi connectivity index (χ1n) is 4.29. The van der Waals surface area contributed by atoms with E-state index in [0.717, 1.165) is 24.8 Å². The highest BCUT2D eigenvalue weighted by Gasteiger charge is 2.00. The minimum Gasteiger partial charge on any atom is -0.396 e. The van der Waals surface area contributed by atoms with Crippen LogP contribution in [0, 0.1) is 0 Å². The smallest absolute Gasteiger partial charge is 0.0452 e. The molecule has 0 aliphatic carbocycles. The van der Waals surface area contributed by atoms with Gasteiger partial charge >= 0.3 is 0 Å². The SMILES string of the molecule is OCCCCc1ccc(Cl)cc1Cl. The van der Waals surface area contributed by atoms with Crippen molar-refractivity contribution in [2.75, 3.05) is 6.61 Å². The lowest BCUT2D eigenvalue weighted by Crippen LogP contribution is -1.89. The molecular formula is C10H12Cl2O. The lowest BCUT2D eigenvalue weighted by Gasteiger charge is -2.03. The van der Waals surface area contributed by atoms with Crippen LogP contribution in [0.4, 0.5) is 0 Å². The molecule has 0 aromatic heterocycles. The highest BCUT2D eigenvalue weighted by molar-refractivity contribution is 6.35. The molecule has 0 amide bonds. The fourth-order valence-electron chi connectivity index (χ4n) is 1.15. The van der Waals surface area contributed by atoms with Crippen LogP contribution >= 0.6 is 23.2 Å². The second-order valence-electron chi connectivity index (χ2n) is 2.92. The molecule has 0 saturated heterocycles. The van der Waals surface area contributed by atoms with Crippen LogP contribution in [-0.4, -0.2) is 11.7 Å². The molecule has 0 fully saturated rings. The summed E-state index contributed by atoms with van der Waals surface area (Å²) in [5.41, 5.74) is 1.10. The van der Waals surface area contributed by atoms with Crippen LogP contribution in [0.3, 0.4) is 0 Å². The number of halogens is 2. The van der Waals surface area contributed by atoms with Gasteiger partial charge in [0.25, 0.3) is 0 Å². The number of unbranched alkanes of at least 4 members (excludes halogenated alkanes) is 1. The summed E-state index contributed by atoms with van der Waals surface area (Å²) in [5, 5.41) is 9.98. The van der Waals surface area contributed by atoms with Crippen molar-refractivity contribution in [2.45, 2.75) is 19.3 Å². The van der Waals surface area contributed by atoms with Gasteiger partial charge < -0.3 is 5.11 Å². The van der Waals surface area contributed by atoms with Crippen molar-refractivity contribution in [3.05, 3.63) is 33.8 Å². The Hall–Kier alpha value is -0.240. The van der Waals surface area contributed by atoms with Crippen molar-refractivity contribution in [1.82, 2.24) is 0 Å². The molecule has 0 saturated carbocycles. The second-order valence-corrected chi connectivity index (χ2v) is 3.76. The minimum atomic E-state index is 0.241. The standard InChI is InChI=1S/C10H12Cl2O/c11-9-5-4-8(10(12)7-9)3-1-2-6-13/h4-5,7,13H,1-3,6H2. The van der Waals surface area contributed by atoms with Gasteiger partial charge in [0, 0.05) is 16.7 Å². The Morgan fingerprint density at radius 2 is 1.92 bits per heavy atom. The number of aliphatic hydroxyl groups excluding tert-OH is 1. The molecule has 13 heavy (non-hydrogen) atoms. The van der Waals surface area contributed by atoms with Crippen molar-refractivity contribution in [1.29, 1.82) is 0 Å². The molecule has 0 bridgehead atoms. The Morgan fingerprint density at radius 3 is 2.54 bits per heavy atom. The summed E-state index contributed by atoms with van der Waals surface area (Å²) in [5.74, 6) is 0. The molecule has 1 rings (SSSR count).